The van der Waals surface area contributed by atoms with Crippen LogP contribution in [-0.4, -0.2) is 32.7 Å². The molecule has 5 rings (SSSR count). The van der Waals surface area contributed by atoms with Gasteiger partial charge in [0.15, 0.2) is 0 Å². The van der Waals surface area contributed by atoms with Gasteiger partial charge in [0.05, 0.1) is 21.5 Å². The Hall–Kier alpha value is -2.45. The summed E-state index contributed by atoms with van der Waals surface area (Å²) in [7, 11) is 0. The summed E-state index contributed by atoms with van der Waals surface area (Å²) in [6.45, 7) is 2.71. The maximum atomic E-state index is 9.58. The van der Waals surface area contributed by atoms with E-state index in [0.717, 1.165) is 57.1 Å². The van der Waals surface area contributed by atoms with Gasteiger partial charge >= 0.3 is 0 Å². The van der Waals surface area contributed by atoms with Crippen LogP contribution in [0.4, 0.5) is 11.8 Å². The minimum Gasteiger partial charge on any atom is -0.396 e. The second-order valence-electron chi connectivity index (χ2n) is 8.68. The molecule has 0 bridgehead atoms. The summed E-state index contributed by atoms with van der Waals surface area (Å²) < 4.78 is 1.13. The Bertz CT molecular complexity index is 1270. The van der Waals surface area contributed by atoms with Crippen molar-refractivity contribution in [2.45, 2.75) is 38.8 Å². The molecule has 6 nitrogen and oxygen atoms in total. The molecule has 0 unspecified atom stereocenters. The van der Waals surface area contributed by atoms with Crippen LogP contribution in [0, 0.1) is 12.8 Å². The third kappa shape index (κ3) is 5.13. The highest BCUT2D eigenvalue weighted by Gasteiger charge is 2.26. The lowest BCUT2D eigenvalue weighted by molar-refractivity contribution is 0.229. The number of para-hydroxylation sites is 1. The molecule has 0 aliphatic heterocycles. The third-order valence-electron chi connectivity index (χ3n) is 6.11. The molecule has 2 aromatic heterocycles. The van der Waals surface area contributed by atoms with Crippen LogP contribution < -0.4 is 10.6 Å². The van der Waals surface area contributed by atoms with Crippen LogP contribution in [0.1, 0.15) is 30.5 Å². The van der Waals surface area contributed by atoms with Crippen molar-refractivity contribution in [1.82, 2.24) is 15.0 Å². The summed E-state index contributed by atoms with van der Waals surface area (Å²) in [6, 6.07) is 13.8. The quantitative estimate of drug-likeness (QED) is 0.259. The smallest absolute Gasteiger partial charge is 0.225 e. The summed E-state index contributed by atoms with van der Waals surface area (Å²) in [4.78, 5) is 14.5. The number of hydrogen-bond donors (Lipinski definition) is 3. The van der Waals surface area contributed by atoms with Crippen molar-refractivity contribution in [3.8, 4) is 10.6 Å². The van der Waals surface area contributed by atoms with E-state index in [2.05, 4.69) is 16.7 Å². The van der Waals surface area contributed by atoms with Crippen molar-refractivity contribution in [1.29, 1.82) is 0 Å². The number of aryl methyl sites for hydroxylation is 1. The predicted molar refractivity (Wildman–Crippen MR) is 141 cm³/mol. The molecule has 2 heterocycles. The first-order valence-electron chi connectivity index (χ1n) is 11.3. The number of aliphatic hydroxyl groups is 1. The largest absolute Gasteiger partial charge is 0.396 e. The molecule has 3 N–H and O–H groups in total. The van der Waals surface area contributed by atoms with E-state index in [-0.39, 0.29) is 12.6 Å². The molecule has 1 aliphatic carbocycles. The highest BCUT2D eigenvalue weighted by atomic mass is 35.5. The van der Waals surface area contributed by atoms with E-state index in [0.29, 0.717) is 28.5 Å². The van der Waals surface area contributed by atoms with Crippen molar-refractivity contribution < 1.29 is 5.11 Å². The van der Waals surface area contributed by atoms with Crippen LogP contribution in [0.15, 0.2) is 42.5 Å². The van der Waals surface area contributed by atoms with Crippen molar-refractivity contribution in [2.24, 2.45) is 5.92 Å². The number of benzene rings is 2. The Morgan fingerprint density at radius 3 is 2.59 bits per heavy atom. The lowest BCUT2D eigenvalue weighted by atomic mass is 10.1. The van der Waals surface area contributed by atoms with Gasteiger partial charge in [-0.05, 0) is 68.0 Å². The number of nitrogens with one attached hydrogen (secondary N) is 2. The fourth-order valence-electron chi connectivity index (χ4n) is 4.45. The second-order valence-corrected chi connectivity index (χ2v) is 10.6. The van der Waals surface area contributed by atoms with Gasteiger partial charge in [0.1, 0.15) is 10.8 Å². The van der Waals surface area contributed by atoms with E-state index in [1.165, 1.54) is 0 Å². The van der Waals surface area contributed by atoms with Gasteiger partial charge in [-0.3, -0.25) is 0 Å². The van der Waals surface area contributed by atoms with E-state index < -0.39 is 0 Å². The van der Waals surface area contributed by atoms with E-state index in [1.807, 2.05) is 37.3 Å². The number of aliphatic hydroxyl groups excluding tert-OH is 1. The summed E-state index contributed by atoms with van der Waals surface area (Å²) in [5, 5.41) is 18.6. The van der Waals surface area contributed by atoms with Gasteiger partial charge in [0.2, 0.25) is 5.95 Å². The van der Waals surface area contributed by atoms with Crippen LogP contribution in [0.3, 0.4) is 0 Å². The minimum atomic E-state index is 0.223. The molecule has 2 atom stereocenters. The number of fused-ring (bicyclic) bond motifs is 1. The van der Waals surface area contributed by atoms with Gasteiger partial charge in [-0.25, -0.2) is 9.97 Å². The molecule has 1 saturated carbocycles. The first-order valence-corrected chi connectivity index (χ1v) is 12.9. The number of halogens is 2. The molecular weight excluding hydrogens is 489 g/mol. The first kappa shape index (κ1) is 23.3. The van der Waals surface area contributed by atoms with Gasteiger partial charge in [-0.1, -0.05) is 35.3 Å². The molecule has 0 saturated heterocycles. The number of thiazole rings is 1. The number of hydrogen-bond acceptors (Lipinski definition) is 7. The maximum Gasteiger partial charge on any atom is 0.225 e. The van der Waals surface area contributed by atoms with Crippen molar-refractivity contribution >= 4 is 56.5 Å². The Balaban J connectivity index is 1.48. The average molecular weight is 514 g/mol. The number of aromatic nitrogens is 3. The zero-order chi connectivity index (χ0) is 23.7. The van der Waals surface area contributed by atoms with Crippen molar-refractivity contribution in [3.63, 3.8) is 0 Å². The summed E-state index contributed by atoms with van der Waals surface area (Å²) >= 11 is 13.9. The normalized spacial score (nSPS) is 17.9. The lowest BCUT2D eigenvalue weighted by Gasteiger charge is -2.18. The summed E-state index contributed by atoms with van der Waals surface area (Å²) in [5.74, 6) is 1.62. The zero-order valence-electron chi connectivity index (χ0n) is 18.7. The maximum absolute atomic E-state index is 9.58. The van der Waals surface area contributed by atoms with Crippen molar-refractivity contribution in [3.05, 3.63) is 63.8 Å². The highest BCUT2D eigenvalue weighted by Crippen LogP contribution is 2.38. The number of anilines is 2. The van der Waals surface area contributed by atoms with Crippen LogP contribution >= 0.6 is 34.5 Å². The topological polar surface area (TPSA) is 83.0 Å². The van der Waals surface area contributed by atoms with Gasteiger partial charge in [-0.15, -0.1) is 11.3 Å². The van der Waals surface area contributed by atoms with Crippen LogP contribution in [0.2, 0.25) is 10.0 Å². The fraction of sp³-hybridized carbons (Fsp3) is 0.320. The Labute approximate surface area is 212 Å². The van der Waals surface area contributed by atoms with Gasteiger partial charge in [-0.2, -0.15) is 4.98 Å². The molecule has 176 valence electrons. The predicted octanol–water partition coefficient (Wildman–Crippen LogP) is 6.55. The number of rotatable bonds is 7. The van der Waals surface area contributed by atoms with E-state index in [4.69, 9.17) is 38.2 Å². The molecule has 9 heteroatoms. The van der Waals surface area contributed by atoms with Crippen LogP contribution in [0.5, 0.6) is 0 Å². The fourth-order valence-corrected chi connectivity index (χ4v) is 6.09. The Morgan fingerprint density at radius 1 is 1.06 bits per heavy atom. The Kier molecular flexibility index (Phi) is 6.88. The summed E-state index contributed by atoms with van der Waals surface area (Å²) in [6.07, 6.45) is 2.93. The molecular formula is C25H25Cl2N5OS. The molecule has 2 aromatic carbocycles. The van der Waals surface area contributed by atoms with E-state index >= 15 is 0 Å². The standard InChI is InChI=1S/C25H25Cl2N5OS/c1-14-22(24-31-20-4-2-3-5-21(20)34-24)23(30-19-7-6-15(10-19)13-33)32-25(29-14)28-12-16-8-17(26)11-18(27)9-16/h2-5,8-9,11,15,19,33H,6-7,10,12-13H2,1H3,(H2,28,29,30,32)/t15-,19+/m1/s1. The van der Waals surface area contributed by atoms with E-state index in [9.17, 15) is 5.11 Å². The molecule has 0 radical (unpaired) electrons. The second kappa shape index (κ2) is 10.0. The van der Waals surface area contributed by atoms with E-state index in [1.54, 1.807) is 17.4 Å². The summed E-state index contributed by atoms with van der Waals surface area (Å²) in [5.41, 5.74) is 3.68. The molecule has 1 fully saturated rings. The highest BCUT2D eigenvalue weighted by molar-refractivity contribution is 7.21. The zero-order valence-corrected chi connectivity index (χ0v) is 21.0. The van der Waals surface area contributed by atoms with Crippen LogP contribution in [0.25, 0.3) is 20.8 Å². The lowest BCUT2D eigenvalue weighted by Crippen LogP contribution is -2.19. The SMILES string of the molecule is Cc1nc(NCc2cc(Cl)cc(Cl)c2)nc(N[C@H]2CC[C@@H](CO)C2)c1-c1nc2ccccc2s1. The number of nitrogens with zero attached hydrogens (tertiary/aromatic N) is 3. The van der Waals surface area contributed by atoms with Gasteiger partial charge < -0.3 is 15.7 Å². The third-order valence-corrected chi connectivity index (χ3v) is 7.60. The minimum absolute atomic E-state index is 0.223. The van der Waals surface area contributed by atoms with Gasteiger partial charge in [0.25, 0.3) is 0 Å². The molecule has 34 heavy (non-hydrogen) atoms. The Morgan fingerprint density at radius 2 is 1.85 bits per heavy atom. The van der Waals surface area contributed by atoms with Crippen LogP contribution in [-0.2, 0) is 6.54 Å². The van der Waals surface area contributed by atoms with Gasteiger partial charge in [0, 0.05) is 29.2 Å². The van der Waals surface area contributed by atoms with Crippen molar-refractivity contribution in [2.75, 3.05) is 17.2 Å². The monoisotopic (exact) mass is 513 g/mol. The molecule has 1 aliphatic rings. The average Bonchev–Trinajstić information content (AvgIpc) is 3.43. The molecule has 0 amide bonds. The first-order chi connectivity index (χ1) is 16.5. The molecule has 0 spiro atoms. The molecule has 4 aromatic rings.